The van der Waals surface area contributed by atoms with Crippen LogP contribution in [0.3, 0.4) is 0 Å². The van der Waals surface area contributed by atoms with Gasteiger partial charge in [0, 0.05) is 36.4 Å². The number of anilines is 1. The SMILES string of the molecule is c1ccc(CCCON2C(=NCCCn3ccnc3)c3cccc4cccc2c34)cc1. The summed E-state index contributed by atoms with van der Waals surface area (Å²) in [6.45, 7) is 2.29. The van der Waals surface area contributed by atoms with Crippen LogP contribution in [0.15, 0.2) is 90.4 Å². The van der Waals surface area contributed by atoms with Crippen LogP contribution in [-0.2, 0) is 17.8 Å². The Morgan fingerprint density at radius 2 is 1.77 bits per heavy atom. The minimum Gasteiger partial charge on any atom is -0.337 e. The molecule has 1 aliphatic heterocycles. The molecule has 0 radical (unpaired) electrons. The first-order chi connectivity index (χ1) is 15.4. The maximum Gasteiger partial charge on any atom is 0.161 e. The third kappa shape index (κ3) is 4.23. The predicted molar refractivity (Wildman–Crippen MR) is 125 cm³/mol. The van der Waals surface area contributed by atoms with E-state index >= 15 is 0 Å². The molecule has 0 saturated heterocycles. The highest BCUT2D eigenvalue weighted by atomic mass is 16.7. The summed E-state index contributed by atoms with van der Waals surface area (Å²) in [6, 6.07) is 23.3. The lowest BCUT2D eigenvalue weighted by molar-refractivity contribution is 0.142. The Morgan fingerprint density at radius 1 is 0.903 bits per heavy atom. The van der Waals surface area contributed by atoms with E-state index in [9.17, 15) is 0 Å². The maximum absolute atomic E-state index is 6.30. The van der Waals surface area contributed by atoms with E-state index in [1.807, 2.05) is 23.8 Å². The first-order valence-corrected chi connectivity index (χ1v) is 10.9. The molecule has 0 aliphatic carbocycles. The summed E-state index contributed by atoms with van der Waals surface area (Å²) >= 11 is 0. The Balaban J connectivity index is 1.31. The fraction of sp³-hybridized carbons (Fsp3) is 0.231. The Hall–Kier alpha value is -3.44. The minimum atomic E-state index is 0.646. The Morgan fingerprint density at radius 3 is 2.61 bits per heavy atom. The molecule has 0 atom stereocenters. The molecule has 0 N–H and O–H groups in total. The largest absolute Gasteiger partial charge is 0.337 e. The Labute approximate surface area is 182 Å². The molecule has 0 spiro atoms. The monoisotopic (exact) mass is 410 g/mol. The number of nitrogens with zero attached hydrogens (tertiary/aromatic N) is 4. The first-order valence-electron chi connectivity index (χ1n) is 10.9. The normalized spacial score (nSPS) is 14.1. The van der Waals surface area contributed by atoms with Gasteiger partial charge in [-0.05, 0) is 36.3 Å². The molecule has 5 heteroatoms. The second kappa shape index (κ2) is 9.14. The van der Waals surface area contributed by atoms with Gasteiger partial charge >= 0.3 is 0 Å². The number of imidazole rings is 1. The number of hydrogen-bond acceptors (Lipinski definition) is 3. The topological polar surface area (TPSA) is 42.6 Å². The van der Waals surface area contributed by atoms with Gasteiger partial charge in [-0.2, -0.15) is 0 Å². The predicted octanol–water partition coefficient (Wildman–Crippen LogP) is 5.26. The lowest BCUT2D eigenvalue weighted by Crippen LogP contribution is -2.29. The number of hydroxylamine groups is 1. The van der Waals surface area contributed by atoms with Gasteiger partial charge < -0.3 is 4.57 Å². The number of aliphatic imine (C=N–C) groups is 1. The van der Waals surface area contributed by atoms with Gasteiger partial charge in [-0.15, -0.1) is 0 Å². The molecule has 2 heterocycles. The van der Waals surface area contributed by atoms with E-state index in [0.29, 0.717) is 6.61 Å². The van der Waals surface area contributed by atoms with E-state index in [2.05, 4.69) is 76.3 Å². The van der Waals surface area contributed by atoms with Crippen LogP contribution < -0.4 is 5.06 Å². The van der Waals surface area contributed by atoms with Crippen LogP contribution in [0.5, 0.6) is 0 Å². The summed E-state index contributed by atoms with van der Waals surface area (Å²) in [7, 11) is 0. The number of aromatic nitrogens is 2. The molecule has 4 aromatic rings. The second-order valence-corrected chi connectivity index (χ2v) is 7.76. The fourth-order valence-electron chi connectivity index (χ4n) is 4.11. The van der Waals surface area contributed by atoms with Gasteiger partial charge in [0.15, 0.2) is 5.84 Å². The fourth-order valence-corrected chi connectivity index (χ4v) is 4.11. The highest BCUT2D eigenvalue weighted by Gasteiger charge is 2.28. The van der Waals surface area contributed by atoms with Crippen LogP contribution in [0.4, 0.5) is 5.69 Å². The van der Waals surface area contributed by atoms with E-state index in [1.165, 1.54) is 16.3 Å². The van der Waals surface area contributed by atoms with Crippen LogP contribution in [0.2, 0.25) is 0 Å². The summed E-state index contributed by atoms with van der Waals surface area (Å²) < 4.78 is 2.09. The van der Waals surface area contributed by atoms with Gasteiger partial charge in [-0.3, -0.25) is 9.83 Å². The smallest absolute Gasteiger partial charge is 0.161 e. The minimum absolute atomic E-state index is 0.646. The Kier molecular flexibility index (Phi) is 5.76. The average Bonchev–Trinajstić information content (AvgIpc) is 3.43. The highest BCUT2D eigenvalue weighted by Crippen LogP contribution is 2.37. The molecule has 31 heavy (non-hydrogen) atoms. The average molecular weight is 411 g/mol. The molecule has 0 fully saturated rings. The molecule has 1 aliphatic rings. The van der Waals surface area contributed by atoms with Gasteiger partial charge in [-0.1, -0.05) is 60.7 Å². The molecule has 0 bridgehead atoms. The van der Waals surface area contributed by atoms with Crippen molar-refractivity contribution < 1.29 is 4.84 Å². The van der Waals surface area contributed by atoms with Gasteiger partial charge in [0.25, 0.3) is 0 Å². The van der Waals surface area contributed by atoms with Crippen LogP contribution in [-0.4, -0.2) is 28.5 Å². The van der Waals surface area contributed by atoms with Crippen molar-refractivity contribution in [3.8, 4) is 0 Å². The van der Waals surface area contributed by atoms with E-state index in [0.717, 1.165) is 49.4 Å². The van der Waals surface area contributed by atoms with Gasteiger partial charge in [0.05, 0.1) is 18.6 Å². The summed E-state index contributed by atoms with van der Waals surface area (Å²) in [5.74, 6) is 0.914. The standard InChI is InChI=1S/C26H26N4O/c1-2-8-21(9-3-1)10-6-19-31-30-24-14-5-12-22-11-4-13-23(25(22)24)26(30)28-15-7-17-29-18-16-27-20-29/h1-5,8-9,11-14,16,18,20H,6-7,10,15,17,19H2. The van der Waals surface area contributed by atoms with E-state index in [4.69, 9.17) is 9.83 Å². The van der Waals surface area contributed by atoms with Crippen molar-refractivity contribution >= 4 is 22.3 Å². The van der Waals surface area contributed by atoms with Crippen molar-refractivity contribution in [3.05, 3.63) is 96.6 Å². The number of benzene rings is 3. The number of rotatable bonds is 9. The zero-order valence-corrected chi connectivity index (χ0v) is 17.5. The van der Waals surface area contributed by atoms with Crippen LogP contribution in [0.1, 0.15) is 24.0 Å². The summed E-state index contributed by atoms with van der Waals surface area (Å²) in [4.78, 5) is 15.4. The van der Waals surface area contributed by atoms with Crippen LogP contribution in [0.25, 0.3) is 10.8 Å². The molecular weight excluding hydrogens is 384 g/mol. The van der Waals surface area contributed by atoms with Crippen molar-refractivity contribution in [2.75, 3.05) is 18.2 Å². The van der Waals surface area contributed by atoms with Crippen molar-refractivity contribution in [3.63, 3.8) is 0 Å². The van der Waals surface area contributed by atoms with Gasteiger partial charge in [0.2, 0.25) is 0 Å². The van der Waals surface area contributed by atoms with E-state index in [-0.39, 0.29) is 0 Å². The highest BCUT2D eigenvalue weighted by molar-refractivity contribution is 6.26. The Bertz CT molecular complexity index is 1160. The molecular formula is C26H26N4O. The summed E-state index contributed by atoms with van der Waals surface area (Å²) in [5.41, 5.74) is 3.58. The number of amidine groups is 1. The molecule has 3 aromatic carbocycles. The zero-order valence-electron chi connectivity index (χ0n) is 17.5. The summed E-state index contributed by atoms with van der Waals surface area (Å²) in [6.07, 6.45) is 8.56. The van der Waals surface area contributed by atoms with Gasteiger partial charge in [-0.25, -0.2) is 10.0 Å². The van der Waals surface area contributed by atoms with Crippen LogP contribution in [0, 0.1) is 0 Å². The third-order valence-electron chi connectivity index (χ3n) is 5.60. The van der Waals surface area contributed by atoms with E-state index in [1.54, 1.807) is 0 Å². The van der Waals surface area contributed by atoms with Gasteiger partial charge in [0.1, 0.15) is 0 Å². The molecule has 0 amide bonds. The molecule has 156 valence electrons. The zero-order chi connectivity index (χ0) is 20.9. The van der Waals surface area contributed by atoms with Crippen molar-refractivity contribution in [2.24, 2.45) is 4.99 Å². The van der Waals surface area contributed by atoms with Crippen molar-refractivity contribution in [1.29, 1.82) is 0 Å². The number of aryl methyl sites for hydroxylation is 2. The quantitative estimate of drug-likeness (QED) is 0.354. The number of hydrogen-bond donors (Lipinski definition) is 0. The third-order valence-corrected chi connectivity index (χ3v) is 5.60. The second-order valence-electron chi connectivity index (χ2n) is 7.76. The lowest BCUT2D eigenvalue weighted by Gasteiger charge is -2.20. The summed E-state index contributed by atoms with van der Waals surface area (Å²) in [5, 5.41) is 4.39. The molecule has 5 rings (SSSR count). The maximum atomic E-state index is 6.30. The van der Waals surface area contributed by atoms with E-state index < -0.39 is 0 Å². The first kappa shape index (κ1) is 19.5. The molecule has 1 aromatic heterocycles. The molecule has 5 nitrogen and oxygen atoms in total. The molecule has 0 saturated carbocycles. The van der Waals surface area contributed by atoms with Crippen molar-refractivity contribution in [2.45, 2.75) is 25.8 Å². The van der Waals surface area contributed by atoms with Crippen LogP contribution >= 0.6 is 0 Å². The molecule has 0 unspecified atom stereocenters. The lowest BCUT2D eigenvalue weighted by atomic mass is 10.1. The van der Waals surface area contributed by atoms with Crippen molar-refractivity contribution in [1.82, 2.24) is 9.55 Å².